The summed E-state index contributed by atoms with van der Waals surface area (Å²) in [6, 6.07) is 6.50. The topological polar surface area (TPSA) is 58.6 Å². The zero-order valence-electron chi connectivity index (χ0n) is 13.1. The molecule has 120 valence electrons. The number of para-hydroxylation sites is 1. The van der Waals surface area contributed by atoms with Crippen molar-refractivity contribution in [2.75, 3.05) is 11.9 Å². The molecule has 1 atom stereocenters. The van der Waals surface area contributed by atoms with Crippen LogP contribution in [0.4, 0.5) is 10.5 Å². The minimum absolute atomic E-state index is 0.239. The van der Waals surface area contributed by atoms with E-state index >= 15 is 0 Å². The first-order valence-corrected chi connectivity index (χ1v) is 7.71. The van der Waals surface area contributed by atoms with Gasteiger partial charge in [-0.05, 0) is 45.7 Å². The maximum absolute atomic E-state index is 12.4. The third kappa shape index (κ3) is 4.13. The fourth-order valence-electron chi connectivity index (χ4n) is 2.36. The Balaban J connectivity index is 2.05. The number of hydrogen-bond acceptors (Lipinski definition) is 3. The molecule has 1 aliphatic rings. The van der Waals surface area contributed by atoms with E-state index in [0.717, 1.165) is 6.42 Å². The highest BCUT2D eigenvalue weighted by atomic mass is 35.5. The molecule has 0 bridgehead atoms. The summed E-state index contributed by atoms with van der Waals surface area (Å²) in [6.45, 7) is 5.94. The molecule has 5 nitrogen and oxygen atoms in total. The summed E-state index contributed by atoms with van der Waals surface area (Å²) in [7, 11) is 0. The molecular formula is C16H21ClN2O3. The van der Waals surface area contributed by atoms with Crippen molar-refractivity contribution in [2.24, 2.45) is 0 Å². The van der Waals surface area contributed by atoms with Crippen LogP contribution in [-0.2, 0) is 9.53 Å². The second kappa shape index (κ2) is 6.57. The van der Waals surface area contributed by atoms with E-state index in [1.807, 2.05) is 0 Å². The van der Waals surface area contributed by atoms with Gasteiger partial charge in [-0.1, -0.05) is 23.7 Å². The minimum atomic E-state index is -0.580. The first-order chi connectivity index (χ1) is 10.3. The average molecular weight is 325 g/mol. The maximum atomic E-state index is 12.4. The van der Waals surface area contributed by atoms with Crippen molar-refractivity contribution in [1.29, 1.82) is 0 Å². The number of nitrogens with one attached hydrogen (secondary N) is 1. The van der Waals surface area contributed by atoms with Gasteiger partial charge in [0.2, 0.25) is 5.91 Å². The molecule has 1 heterocycles. The molecule has 0 radical (unpaired) electrons. The Bertz CT molecular complexity index is 569. The molecule has 1 fully saturated rings. The van der Waals surface area contributed by atoms with Gasteiger partial charge in [-0.3, -0.25) is 9.69 Å². The molecule has 22 heavy (non-hydrogen) atoms. The lowest BCUT2D eigenvalue weighted by molar-refractivity contribution is -0.120. The summed E-state index contributed by atoms with van der Waals surface area (Å²) in [5, 5.41) is 3.25. The van der Waals surface area contributed by atoms with Gasteiger partial charge < -0.3 is 10.1 Å². The van der Waals surface area contributed by atoms with Crippen molar-refractivity contribution < 1.29 is 14.3 Å². The smallest absolute Gasteiger partial charge is 0.410 e. The molecule has 1 aromatic carbocycles. The van der Waals surface area contributed by atoms with Gasteiger partial charge >= 0.3 is 6.09 Å². The highest BCUT2D eigenvalue weighted by Crippen LogP contribution is 2.25. The molecule has 2 amide bonds. The van der Waals surface area contributed by atoms with Crippen molar-refractivity contribution in [3.8, 4) is 0 Å². The van der Waals surface area contributed by atoms with Crippen molar-refractivity contribution >= 4 is 29.3 Å². The monoisotopic (exact) mass is 324 g/mol. The molecule has 1 saturated heterocycles. The van der Waals surface area contributed by atoms with E-state index in [1.165, 1.54) is 4.90 Å². The van der Waals surface area contributed by atoms with Gasteiger partial charge in [0.1, 0.15) is 11.6 Å². The average Bonchev–Trinajstić information content (AvgIpc) is 2.89. The number of carbonyl (C=O) groups excluding carboxylic acids is 2. The lowest BCUT2D eigenvalue weighted by atomic mass is 10.2. The number of likely N-dealkylation sites (tertiary alicyclic amines) is 1. The van der Waals surface area contributed by atoms with Crippen molar-refractivity contribution in [2.45, 2.75) is 45.3 Å². The molecule has 2 rings (SSSR count). The zero-order valence-corrected chi connectivity index (χ0v) is 13.8. The molecular weight excluding hydrogens is 304 g/mol. The van der Waals surface area contributed by atoms with Crippen LogP contribution in [0.5, 0.6) is 0 Å². The largest absolute Gasteiger partial charge is 0.444 e. The predicted octanol–water partition coefficient (Wildman–Crippen LogP) is 3.68. The molecule has 0 saturated carbocycles. The van der Waals surface area contributed by atoms with Gasteiger partial charge in [-0.25, -0.2) is 4.79 Å². The minimum Gasteiger partial charge on any atom is -0.444 e. The van der Waals surface area contributed by atoms with E-state index in [2.05, 4.69) is 5.32 Å². The third-order valence-electron chi connectivity index (χ3n) is 3.32. The van der Waals surface area contributed by atoms with E-state index in [0.29, 0.717) is 23.7 Å². The molecule has 0 unspecified atom stereocenters. The van der Waals surface area contributed by atoms with Gasteiger partial charge in [0.05, 0.1) is 10.7 Å². The summed E-state index contributed by atoms with van der Waals surface area (Å²) in [5.41, 5.74) is -0.0334. The third-order valence-corrected chi connectivity index (χ3v) is 3.64. The number of rotatable bonds is 2. The highest BCUT2D eigenvalue weighted by Gasteiger charge is 2.36. The molecule has 0 aromatic heterocycles. The number of carbonyl (C=O) groups is 2. The summed E-state index contributed by atoms with van der Waals surface area (Å²) in [4.78, 5) is 26.1. The number of benzene rings is 1. The Morgan fingerprint density at radius 1 is 1.32 bits per heavy atom. The fraction of sp³-hybridized carbons (Fsp3) is 0.500. The Hall–Kier alpha value is -1.75. The van der Waals surface area contributed by atoms with Crippen LogP contribution in [0, 0.1) is 0 Å². The van der Waals surface area contributed by atoms with Crippen LogP contribution in [0.25, 0.3) is 0 Å². The van der Waals surface area contributed by atoms with E-state index in [4.69, 9.17) is 16.3 Å². The molecule has 6 heteroatoms. The van der Waals surface area contributed by atoms with Crippen LogP contribution in [0.15, 0.2) is 24.3 Å². The number of anilines is 1. The van der Waals surface area contributed by atoms with Crippen LogP contribution in [0.3, 0.4) is 0 Å². The number of ether oxygens (including phenoxy) is 1. The van der Waals surface area contributed by atoms with Gasteiger partial charge in [0.15, 0.2) is 0 Å². The van der Waals surface area contributed by atoms with Crippen LogP contribution in [-0.4, -0.2) is 35.1 Å². The van der Waals surface area contributed by atoms with E-state index in [9.17, 15) is 9.59 Å². The highest BCUT2D eigenvalue weighted by molar-refractivity contribution is 6.33. The second-order valence-electron chi connectivity index (χ2n) is 6.30. The lowest BCUT2D eigenvalue weighted by Crippen LogP contribution is -2.45. The van der Waals surface area contributed by atoms with Crippen LogP contribution >= 0.6 is 11.6 Å². The summed E-state index contributed by atoms with van der Waals surface area (Å²) in [5.74, 6) is -0.239. The molecule has 1 N–H and O–H groups in total. The SMILES string of the molecule is CC(C)(C)OC(=O)N1CCC[C@H]1C(=O)Nc1ccccc1Cl. The van der Waals surface area contributed by atoms with Gasteiger partial charge in [-0.2, -0.15) is 0 Å². The Labute approximate surface area is 135 Å². The van der Waals surface area contributed by atoms with Crippen molar-refractivity contribution in [3.63, 3.8) is 0 Å². The van der Waals surface area contributed by atoms with E-state index in [1.54, 1.807) is 45.0 Å². The van der Waals surface area contributed by atoms with Crippen LogP contribution in [0.1, 0.15) is 33.6 Å². The maximum Gasteiger partial charge on any atom is 0.410 e. The normalized spacial score (nSPS) is 18.2. The first kappa shape index (κ1) is 16.6. The molecule has 0 spiro atoms. The number of halogens is 1. The first-order valence-electron chi connectivity index (χ1n) is 7.33. The zero-order chi connectivity index (χ0) is 16.3. The van der Waals surface area contributed by atoms with Crippen LogP contribution < -0.4 is 5.32 Å². The van der Waals surface area contributed by atoms with Crippen molar-refractivity contribution in [3.05, 3.63) is 29.3 Å². The second-order valence-corrected chi connectivity index (χ2v) is 6.71. The Kier molecular flexibility index (Phi) is 4.96. The Morgan fingerprint density at radius 3 is 2.64 bits per heavy atom. The molecule has 1 aliphatic heterocycles. The van der Waals surface area contributed by atoms with Crippen LogP contribution in [0.2, 0.25) is 5.02 Å². The molecule has 1 aromatic rings. The summed E-state index contributed by atoms with van der Waals surface area (Å²) in [6.07, 6.45) is 0.944. The quantitative estimate of drug-likeness (QED) is 0.902. The van der Waals surface area contributed by atoms with Gasteiger partial charge in [-0.15, -0.1) is 0 Å². The number of amides is 2. The van der Waals surface area contributed by atoms with E-state index < -0.39 is 17.7 Å². The Morgan fingerprint density at radius 2 is 2.00 bits per heavy atom. The van der Waals surface area contributed by atoms with Crippen molar-refractivity contribution in [1.82, 2.24) is 4.90 Å². The lowest BCUT2D eigenvalue weighted by Gasteiger charge is -2.28. The summed E-state index contributed by atoms with van der Waals surface area (Å²) >= 11 is 6.04. The van der Waals surface area contributed by atoms with E-state index in [-0.39, 0.29) is 5.91 Å². The number of hydrogen-bond donors (Lipinski definition) is 1. The predicted molar refractivity (Wildman–Crippen MR) is 86.0 cm³/mol. The van der Waals surface area contributed by atoms with Gasteiger partial charge in [0.25, 0.3) is 0 Å². The fourth-order valence-corrected chi connectivity index (χ4v) is 2.54. The standard InChI is InChI=1S/C16H21ClN2O3/c1-16(2,3)22-15(21)19-10-6-9-13(19)14(20)18-12-8-5-4-7-11(12)17/h4-5,7-8,13H,6,9-10H2,1-3H3,(H,18,20)/t13-/m0/s1. The van der Waals surface area contributed by atoms with Gasteiger partial charge in [0, 0.05) is 6.54 Å². The molecule has 0 aliphatic carbocycles. The summed E-state index contributed by atoms with van der Waals surface area (Å²) < 4.78 is 5.36. The number of nitrogens with zero attached hydrogens (tertiary/aromatic N) is 1.